The Labute approximate surface area is 150 Å². The molecule has 0 saturated carbocycles. The molecular weight excluding hydrogens is 332 g/mol. The van der Waals surface area contributed by atoms with Gasteiger partial charge in [0.25, 0.3) is 5.91 Å². The van der Waals surface area contributed by atoms with Gasteiger partial charge in [0.1, 0.15) is 5.75 Å². The Bertz CT molecular complexity index is 1010. The third-order valence-electron chi connectivity index (χ3n) is 4.15. The number of aromatic amines is 1. The number of aromatic hydroxyl groups is 1. The lowest BCUT2D eigenvalue weighted by Gasteiger charge is -2.10. The maximum Gasteiger partial charge on any atom is 0.251 e. The minimum absolute atomic E-state index is 0.244. The molecule has 0 unspecified atom stereocenters. The zero-order valence-electron chi connectivity index (χ0n) is 14.6. The highest BCUT2D eigenvalue weighted by Crippen LogP contribution is 2.28. The standard InChI is InChI=1S/C20H20N2O4/c1-3-10-21-20(25)13-6-9-16-15(11-13)18(23)19(24)17(22-16)12-4-7-14(26-2)8-5-12/h4-9,11,24H,3,10H2,1-2H3,(H,21,25)(H,22,23). The first-order valence-electron chi connectivity index (χ1n) is 8.36. The first kappa shape index (κ1) is 17.5. The summed E-state index contributed by atoms with van der Waals surface area (Å²) in [6.45, 7) is 2.53. The van der Waals surface area contributed by atoms with E-state index in [0.29, 0.717) is 34.6 Å². The summed E-state index contributed by atoms with van der Waals surface area (Å²) < 4.78 is 5.12. The molecule has 0 fully saturated rings. The number of carbonyl (C=O) groups excluding carboxylic acids is 1. The van der Waals surface area contributed by atoms with Crippen molar-refractivity contribution in [3.8, 4) is 22.8 Å². The van der Waals surface area contributed by atoms with E-state index in [-0.39, 0.29) is 17.0 Å². The number of ether oxygens (including phenoxy) is 1. The van der Waals surface area contributed by atoms with Gasteiger partial charge in [0.2, 0.25) is 5.43 Å². The van der Waals surface area contributed by atoms with Gasteiger partial charge in [0, 0.05) is 17.7 Å². The van der Waals surface area contributed by atoms with Crippen LogP contribution in [0.5, 0.6) is 11.5 Å². The monoisotopic (exact) mass is 352 g/mol. The highest BCUT2D eigenvalue weighted by molar-refractivity contribution is 5.98. The van der Waals surface area contributed by atoms with E-state index in [4.69, 9.17) is 4.74 Å². The zero-order valence-corrected chi connectivity index (χ0v) is 14.6. The number of carbonyl (C=O) groups is 1. The molecule has 0 bridgehead atoms. The van der Waals surface area contributed by atoms with E-state index in [1.807, 2.05) is 6.92 Å². The molecule has 0 saturated heterocycles. The van der Waals surface area contributed by atoms with Gasteiger partial charge in [0.05, 0.1) is 23.7 Å². The normalized spacial score (nSPS) is 10.7. The van der Waals surface area contributed by atoms with Gasteiger partial charge in [-0.3, -0.25) is 9.59 Å². The highest BCUT2D eigenvalue weighted by Gasteiger charge is 2.15. The summed E-state index contributed by atoms with van der Waals surface area (Å²) in [7, 11) is 1.57. The predicted molar refractivity (Wildman–Crippen MR) is 101 cm³/mol. The lowest BCUT2D eigenvalue weighted by molar-refractivity contribution is 0.0954. The average molecular weight is 352 g/mol. The Morgan fingerprint density at radius 2 is 1.92 bits per heavy atom. The second-order valence-corrected chi connectivity index (χ2v) is 5.92. The number of hydrogen-bond donors (Lipinski definition) is 3. The number of amides is 1. The summed E-state index contributed by atoms with van der Waals surface area (Å²) in [5.41, 5.74) is 1.40. The topological polar surface area (TPSA) is 91.4 Å². The zero-order chi connectivity index (χ0) is 18.7. The number of methoxy groups -OCH3 is 1. The molecule has 1 aromatic heterocycles. The van der Waals surface area contributed by atoms with E-state index in [0.717, 1.165) is 6.42 Å². The summed E-state index contributed by atoms with van der Waals surface area (Å²) in [4.78, 5) is 27.8. The van der Waals surface area contributed by atoms with Crippen LogP contribution in [0.4, 0.5) is 0 Å². The number of hydrogen-bond acceptors (Lipinski definition) is 4. The van der Waals surface area contributed by atoms with Crippen LogP contribution in [0, 0.1) is 0 Å². The fraction of sp³-hybridized carbons (Fsp3) is 0.200. The molecule has 6 nitrogen and oxygen atoms in total. The van der Waals surface area contributed by atoms with Gasteiger partial charge in [-0.15, -0.1) is 0 Å². The van der Waals surface area contributed by atoms with Crippen molar-refractivity contribution < 1.29 is 14.6 Å². The van der Waals surface area contributed by atoms with Crippen LogP contribution in [0.25, 0.3) is 22.2 Å². The highest BCUT2D eigenvalue weighted by atomic mass is 16.5. The molecule has 134 valence electrons. The molecule has 3 aromatic rings. The van der Waals surface area contributed by atoms with Crippen molar-refractivity contribution in [1.82, 2.24) is 10.3 Å². The van der Waals surface area contributed by atoms with Gasteiger partial charge in [0.15, 0.2) is 5.75 Å². The summed E-state index contributed by atoms with van der Waals surface area (Å²) in [6, 6.07) is 11.8. The van der Waals surface area contributed by atoms with E-state index in [1.54, 1.807) is 43.5 Å². The fourth-order valence-corrected chi connectivity index (χ4v) is 2.72. The van der Waals surface area contributed by atoms with Gasteiger partial charge in [-0.2, -0.15) is 0 Å². The smallest absolute Gasteiger partial charge is 0.251 e. The van der Waals surface area contributed by atoms with Crippen LogP contribution in [0.1, 0.15) is 23.7 Å². The van der Waals surface area contributed by atoms with Gasteiger partial charge >= 0.3 is 0 Å². The van der Waals surface area contributed by atoms with Crippen LogP contribution in [0.2, 0.25) is 0 Å². The molecule has 0 aliphatic carbocycles. The molecule has 0 aliphatic heterocycles. The van der Waals surface area contributed by atoms with Gasteiger partial charge in [-0.05, 0) is 48.9 Å². The largest absolute Gasteiger partial charge is 0.503 e. The lowest BCUT2D eigenvalue weighted by Crippen LogP contribution is -2.24. The molecule has 0 aliphatic rings. The van der Waals surface area contributed by atoms with Crippen molar-refractivity contribution in [3.05, 3.63) is 58.3 Å². The number of aromatic nitrogens is 1. The van der Waals surface area contributed by atoms with Crippen LogP contribution < -0.4 is 15.5 Å². The second-order valence-electron chi connectivity index (χ2n) is 5.92. The molecule has 6 heteroatoms. The predicted octanol–water partition coefficient (Wildman–Crippen LogP) is 3.05. The van der Waals surface area contributed by atoms with Gasteiger partial charge in [-0.25, -0.2) is 0 Å². The van der Waals surface area contributed by atoms with Crippen molar-refractivity contribution in [2.45, 2.75) is 13.3 Å². The first-order chi connectivity index (χ1) is 12.5. The summed E-state index contributed by atoms with van der Waals surface area (Å²) in [6.07, 6.45) is 0.825. The number of rotatable bonds is 5. The fourth-order valence-electron chi connectivity index (χ4n) is 2.72. The van der Waals surface area contributed by atoms with Crippen LogP contribution >= 0.6 is 0 Å². The summed E-state index contributed by atoms with van der Waals surface area (Å²) in [5, 5.41) is 13.4. The van der Waals surface area contributed by atoms with E-state index < -0.39 is 5.43 Å². The van der Waals surface area contributed by atoms with E-state index in [9.17, 15) is 14.7 Å². The third-order valence-corrected chi connectivity index (χ3v) is 4.15. The minimum atomic E-state index is -0.519. The molecule has 0 spiro atoms. The third kappa shape index (κ3) is 3.26. The Morgan fingerprint density at radius 3 is 2.58 bits per heavy atom. The molecule has 0 radical (unpaired) electrons. The van der Waals surface area contributed by atoms with Crippen LogP contribution in [0.15, 0.2) is 47.3 Å². The van der Waals surface area contributed by atoms with Crippen LogP contribution in [-0.2, 0) is 0 Å². The molecular formula is C20H20N2O4. The molecule has 1 heterocycles. The first-order valence-corrected chi connectivity index (χ1v) is 8.36. The number of fused-ring (bicyclic) bond motifs is 1. The SMILES string of the molecule is CCCNC(=O)c1ccc2[nH]c(-c3ccc(OC)cc3)c(O)c(=O)c2c1. The number of H-pyrrole nitrogens is 1. The summed E-state index contributed by atoms with van der Waals surface area (Å²) in [5.74, 6) is 0.0553. The average Bonchev–Trinajstić information content (AvgIpc) is 2.68. The van der Waals surface area contributed by atoms with E-state index in [1.165, 1.54) is 6.07 Å². The van der Waals surface area contributed by atoms with Crippen LogP contribution in [0.3, 0.4) is 0 Å². The van der Waals surface area contributed by atoms with Gasteiger partial charge < -0.3 is 20.1 Å². The molecule has 1 amide bonds. The van der Waals surface area contributed by atoms with Crippen molar-refractivity contribution >= 4 is 16.8 Å². The van der Waals surface area contributed by atoms with E-state index >= 15 is 0 Å². The molecule has 3 rings (SSSR count). The Balaban J connectivity index is 2.07. The maximum absolute atomic E-state index is 12.6. The van der Waals surface area contributed by atoms with Crippen molar-refractivity contribution in [2.24, 2.45) is 0 Å². The van der Waals surface area contributed by atoms with Crippen LogP contribution in [-0.4, -0.2) is 29.7 Å². The Kier molecular flexibility index (Phi) is 4.93. The number of benzene rings is 2. The lowest BCUT2D eigenvalue weighted by atomic mass is 10.1. The summed E-state index contributed by atoms with van der Waals surface area (Å²) >= 11 is 0. The molecule has 3 N–H and O–H groups in total. The van der Waals surface area contributed by atoms with Crippen molar-refractivity contribution in [3.63, 3.8) is 0 Å². The minimum Gasteiger partial charge on any atom is -0.503 e. The van der Waals surface area contributed by atoms with E-state index in [2.05, 4.69) is 10.3 Å². The maximum atomic E-state index is 12.6. The van der Waals surface area contributed by atoms with Crippen molar-refractivity contribution in [2.75, 3.05) is 13.7 Å². The molecule has 2 aromatic carbocycles. The second kappa shape index (κ2) is 7.31. The number of pyridine rings is 1. The quantitative estimate of drug-likeness (QED) is 0.658. The molecule has 26 heavy (non-hydrogen) atoms. The molecule has 0 atom stereocenters. The van der Waals surface area contributed by atoms with Crippen molar-refractivity contribution in [1.29, 1.82) is 0 Å². The Morgan fingerprint density at radius 1 is 1.19 bits per heavy atom. The van der Waals surface area contributed by atoms with Gasteiger partial charge in [-0.1, -0.05) is 6.92 Å². The Hall–Kier alpha value is -3.28. The number of nitrogens with one attached hydrogen (secondary N) is 2.